The molecule has 0 radical (unpaired) electrons. The van der Waals surface area contributed by atoms with E-state index in [1.54, 1.807) is 0 Å². The Morgan fingerprint density at radius 3 is 2.38 bits per heavy atom. The third kappa shape index (κ3) is 1.65. The number of aromatic hydroxyl groups is 3. The van der Waals surface area contributed by atoms with Crippen molar-refractivity contribution in [3.8, 4) is 17.2 Å². The highest BCUT2D eigenvalue weighted by molar-refractivity contribution is 5.54. The van der Waals surface area contributed by atoms with Gasteiger partial charge in [0.25, 0.3) is 0 Å². The van der Waals surface area contributed by atoms with E-state index < -0.39 is 30.0 Å². The van der Waals surface area contributed by atoms with Gasteiger partial charge in [-0.2, -0.15) is 0 Å². The van der Waals surface area contributed by atoms with Crippen molar-refractivity contribution in [2.45, 2.75) is 6.04 Å². The zero-order valence-electron chi connectivity index (χ0n) is 6.74. The first-order valence-electron chi connectivity index (χ1n) is 3.63. The summed E-state index contributed by atoms with van der Waals surface area (Å²) in [5.74, 6) is -1.72. The minimum Gasteiger partial charge on any atom is -0.504 e. The molecule has 0 unspecified atom stereocenters. The third-order valence-corrected chi connectivity index (χ3v) is 1.73. The van der Waals surface area contributed by atoms with Gasteiger partial charge in [0.2, 0.25) is 5.75 Å². The van der Waals surface area contributed by atoms with E-state index in [1.807, 2.05) is 0 Å². The number of halogens is 1. The van der Waals surface area contributed by atoms with Crippen LogP contribution in [0, 0.1) is 0 Å². The van der Waals surface area contributed by atoms with E-state index in [9.17, 15) is 9.50 Å². The molecule has 0 amide bonds. The van der Waals surface area contributed by atoms with Gasteiger partial charge in [0, 0.05) is 5.56 Å². The molecule has 5 heteroatoms. The Labute approximate surface area is 74.0 Å². The van der Waals surface area contributed by atoms with Crippen LogP contribution in [0.2, 0.25) is 0 Å². The van der Waals surface area contributed by atoms with Crippen molar-refractivity contribution in [1.29, 1.82) is 0 Å². The lowest BCUT2D eigenvalue weighted by Crippen LogP contribution is -2.12. The van der Waals surface area contributed by atoms with Crippen molar-refractivity contribution in [2.24, 2.45) is 5.73 Å². The van der Waals surface area contributed by atoms with Crippen molar-refractivity contribution in [1.82, 2.24) is 0 Å². The predicted molar refractivity (Wildman–Crippen MR) is 44.3 cm³/mol. The molecule has 0 aliphatic heterocycles. The Kier molecular flexibility index (Phi) is 2.57. The predicted octanol–water partition coefficient (Wildman–Crippen LogP) is 0.773. The Morgan fingerprint density at radius 2 is 1.85 bits per heavy atom. The van der Waals surface area contributed by atoms with Gasteiger partial charge in [-0.15, -0.1) is 0 Å². The SMILES string of the molecule is N[C@@H](CF)c1ccc(O)c(O)c1O. The number of nitrogens with two attached hydrogens (primary N) is 1. The van der Waals surface area contributed by atoms with Gasteiger partial charge >= 0.3 is 0 Å². The van der Waals surface area contributed by atoms with Gasteiger partial charge in [0.1, 0.15) is 6.67 Å². The lowest BCUT2D eigenvalue weighted by Gasteiger charge is -2.11. The number of hydrogen-bond donors (Lipinski definition) is 4. The largest absolute Gasteiger partial charge is 0.504 e. The summed E-state index contributed by atoms with van der Waals surface area (Å²) in [6, 6.07) is 1.40. The van der Waals surface area contributed by atoms with E-state index in [2.05, 4.69) is 0 Å². The van der Waals surface area contributed by atoms with E-state index in [-0.39, 0.29) is 5.56 Å². The summed E-state index contributed by atoms with van der Waals surface area (Å²) in [6.45, 7) is -0.849. The second kappa shape index (κ2) is 3.49. The lowest BCUT2D eigenvalue weighted by molar-refractivity contribution is 0.357. The number of phenols is 3. The molecular formula is C8H10FNO3. The summed E-state index contributed by atoms with van der Waals surface area (Å²) in [7, 11) is 0. The van der Waals surface area contributed by atoms with E-state index in [0.29, 0.717) is 0 Å². The highest BCUT2D eigenvalue weighted by atomic mass is 19.1. The Bertz CT molecular complexity index is 317. The summed E-state index contributed by atoms with van der Waals surface area (Å²) in [4.78, 5) is 0. The highest BCUT2D eigenvalue weighted by Crippen LogP contribution is 2.39. The molecule has 0 saturated heterocycles. The Balaban J connectivity index is 3.18. The molecule has 72 valence electrons. The molecule has 0 heterocycles. The first kappa shape index (κ1) is 9.60. The second-order valence-corrected chi connectivity index (χ2v) is 2.63. The Morgan fingerprint density at radius 1 is 1.23 bits per heavy atom. The zero-order chi connectivity index (χ0) is 10.0. The van der Waals surface area contributed by atoms with Gasteiger partial charge in [-0.1, -0.05) is 0 Å². The van der Waals surface area contributed by atoms with Crippen LogP contribution in [0.4, 0.5) is 4.39 Å². The minimum atomic E-state index is -0.994. The number of benzene rings is 1. The molecule has 5 N–H and O–H groups in total. The standard InChI is InChI=1S/C8H10FNO3/c9-3-5(10)4-1-2-6(11)8(13)7(4)12/h1-2,5,11-13H,3,10H2/t5-/m0/s1. The van der Waals surface area contributed by atoms with Gasteiger partial charge in [0.15, 0.2) is 11.5 Å². The van der Waals surface area contributed by atoms with E-state index >= 15 is 0 Å². The lowest BCUT2D eigenvalue weighted by atomic mass is 10.1. The number of phenolic OH excluding ortho intramolecular Hbond substituents is 3. The Hall–Kier alpha value is -1.49. The molecule has 1 rings (SSSR count). The van der Waals surface area contributed by atoms with Crippen LogP contribution < -0.4 is 5.73 Å². The molecule has 0 bridgehead atoms. The summed E-state index contributed by atoms with van der Waals surface area (Å²) < 4.78 is 12.1. The van der Waals surface area contributed by atoms with Gasteiger partial charge < -0.3 is 21.1 Å². The fraction of sp³-hybridized carbons (Fsp3) is 0.250. The van der Waals surface area contributed by atoms with Gasteiger partial charge in [-0.05, 0) is 12.1 Å². The average molecular weight is 187 g/mol. The zero-order valence-corrected chi connectivity index (χ0v) is 6.74. The number of hydrogen-bond acceptors (Lipinski definition) is 4. The van der Waals surface area contributed by atoms with E-state index in [0.717, 1.165) is 6.07 Å². The number of rotatable bonds is 2. The van der Waals surface area contributed by atoms with Crippen LogP contribution in [0.3, 0.4) is 0 Å². The van der Waals surface area contributed by atoms with Crippen LogP contribution in [-0.4, -0.2) is 22.0 Å². The van der Waals surface area contributed by atoms with Crippen molar-refractivity contribution in [3.63, 3.8) is 0 Å². The first-order valence-corrected chi connectivity index (χ1v) is 3.63. The molecule has 4 nitrogen and oxygen atoms in total. The molecule has 0 saturated carbocycles. The van der Waals surface area contributed by atoms with Crippen molar-refractivity contribution in [3.05, 3.63) is 17.7 Å². The van der Waals surface area contributed by atoms with Crippen molar-refractivity contribution >= 4 is 0 Å². The summed E-state index contributed by atoms with van der Waals surface area (Å²) in [6.07, 6.45) is 0. The fourth-order valence-electron chi connectivity index (χ4n) is 0.967. The maximum Gasteiger partial charge on any atom is 0.200 e. The average Bonchev–Trinajstić information content (AvgIpc) is 2.13. The quantitative estimate of drug-likeness (QED) is 0.515. The third-order valence-electron chi connectivity index (χ3n) is 1.73. The topological polar surface area (TPSA) is 86.7 Å². The molecule has 0 aliphatic rings. The monoisotopic (exact) mass is 187 g/mol. The van der Waals surface area contributed by atoms with Crippen LogP contribution in [0.5, 0.6) is 17.2 Å². The summed E-state index contributed by atoms with van der Waals surface area (Å²) >= 11 is 0. The molecule has 1 atom stereocenters. The summed E-state index contributed by atoms with van der Waals surface area (Å²) in [5, 5.41) is 27.2. The van der Waals surface area contributed by atoms with Crippen LogP contribution in [-0.2, 0) is 0 Å². The van der Waals surface area contributed by atoms with E-state index in [1.165, 1.54) is 6.07 Å². The second-order valence-electron chi connectivity index (χ2n) is 2.63. The summed E-state index contributed by atoms with van der Waals surface area (Å²) in [5.41, 5.74) is 5.35. The number of alkyl halides is 1. The molecule has 1 aromatic carbocycles. The molecule has 0 fully saturated rings. The van der Waals surface area contributed by atoms with Crippen molar-refractivity contribution < 1.29 is 19.7 Å². The maximum absolute atomic E-state index is 12.1. The molecule has 1 aromatic rings. The first-order chi connectivity index (χ1) is 6.07. The van der Waals surface area contributed by atoms with Gasteiger partial charge in [0.05, 0.1) is 6.04 Å². The van der Waals surface area contributed by atoms with Gasteiger partial charge in [-0.3, -0.25) is 0 Å². The van der Waals surface area contributed by atoms with Crippen molar-refractivity contribution in [2.75, 3.05) is 6.67 Å². The fourth-order valence-corrected chi connectivity index (χ4v) is 0.967. The molecule has 0 spiro atoms. The smallest absolute Gasteiger partial charge is 0.200 e. The van der Waals surface area contributed by atoms with Crippen LogP contribution >= 0.6 is 0 Å². The molecule has 0 aromatic heterocycles. The van der Waals surface area contributed by atoms with Crippen LogP contribution in [0.15, 0.2) is 12.1 Å². The minimum absolute atomic E-state index is 0.0674. The molecular weight excluding hydrogens is 177 g/mol. The van der Waals surface area contributed by atoms with Crippen LogP contribution in [0.1, 0.15) is 11.6 Å². The van der Waals surface area contributed by atoms with Crippen LogP contribution in [0.25, 0.3) is 0 Å². The normalized spacial score (nSPS) is 12.8. The van der Waals surface area contributed by atoms with E-state index in [4.69, 9.17) is 15.9 Å². The van der Waals surface area contributed by atoms with Gasteiger partial charge in [-0.25, -0.2) is 4.39 Å². The maximum atomic E-state index is 12.1. The molecule has 0 aliphatic carbocycles. The molecule has 13 heavy (non-hydrogen) atoms. The highest BCUT2D eigenvalue weighted by Gasteiger charge is 2.15.